The lowest BCUT2D eigenvalue weighted by molar-refractivity contribution is 0.143. The molecule has 1 nitrogen and oxygen atoms in total. The van der Waals surface area contributed by atoms with Crippen LogP contribution in [0, 0.1) is 17.7 Å². The molecule has 0 atom stereocenters. The average molecular weight is 206 g/mol. The molecule has 0 saturated heterocycles. The molecule has 15 heavy (non-hydrogen) atoms. The van der Waals surface area contributed by atoms with E-state index in [2.05, 4.69) is 11.8 Å². The lowest BCUT2D eigenvalue weighted by atomic mass is 10.1. The van der Waals surface area contributed by atoms with E-state index < -0.39 is 5.60 Å². The van der Waals surface area contributed by atoms with Crippen LogP contribution in [0.25, 0.3) is 0 Å². The van der Waals surface area contributed by atoms with Crippen molar-refractivity contribution in [2.75, 3.05) is 0 Å². The number of aliphatic hydroxyl groups is 1. The molecule has 1 aromatic rings. The zero-order valence-electron chi connectivity index (χ0n) is 9.26. The van der Waals surface area contributed by atoms with Gasteiger partial charge in [-0.25, -0.2) is 4.39 Å². The Kier molecular flexibility index (Phi) is 3.49. The fourth-order valence-electron chi connectivity index (χ4n) is 1.15. The van der Waals surface area contributed by atoms with Gasteiger partial charge in [-0.15, -0.1) is 0 Å². The molecule has 0 radical (unpaired) electrons. The van der Waals surface area contributed by atoms with Crippen molar-refractivity contribution in [3.8, 4) is 11.8 Å². The van der Waals surface area contributed by atoms with Crippen LogP contribution in [0.2, 0.25) is 0 Å². The summed E-state index contributed by atoms with van der Waals surface area (Å²) in [7, 11) is 0. The van der Waals surface area contributed by atoms with Gasteiger partial charge in [-0.1, -0.05) is 18.8 Å². The highest BCUT2D eigenvalue weighted by atomic mass is 19.1. The molecule has 0 fully saturated rings. The van der Waals surface area contributed by atoms with Crippen LogP contribution in [-0.4, -0.2) is 10.7 Å². The molecular formula is C13H15FO. The molecule has 80 valence electrons. The molecule has 0 unspecified atom stereocenters. The summed E-state index contributed by atoms with van der Waals surface area (Å²) in [6.07, 6.45) is 0.773. The highest BCUT2D eigenvalue weighted by Gasteiger charge is 2.06. The number of hydrogen-bond donors (Lipinski definition) is 1. The van der Waals surface area contributed by atoms with Crippen molar-refractivity contribution in [2.45, 2.75) is 32.8 Å². The molecule has 1 rings (SSSR count). The lowest BCUT2D eigenvalue weighted by Gasteiger charge is -2.06. The minimum absolute atomic E-state index is 0.283. The van der Waals surface area contributed by atoms with E-state index in [0.717, 1.165) is 12.0 Å². The molecular weight excluding hydrogens is 191 g/mol. The van der Waals surface area contributed by atoms with Crippen molar-refractivity contribution >= 4 is 0 Å². The molecule has 1 aromatic carbocycles. The predicted octanol–water partition coefficient (Wildman–Crippen LogP) is 2.51. The van der Waals surface area contributed by atoms with E-state index in [4.69, 9.17) is 0 Å². The van der Waals surface area contributed by atoms with Crippen molar-refractivity contribution in [1.82, 2.24) is 0 Å². The Morgan fingerprint density at radius 1 is 1.33 bits per heavy atom. The summed E-state index contributed by atoms with van der Waals surface area (Å²) < 4.78 is 13.1. The molecule has 0 saturated carbocycles. The number of benzene rings is 1. The maximum Gasteiger partial charge on any atom is 0.124 e. The van der Waals surface area contributed by atoms with E-state index in [-0.39, 0.29) is 5.82 Å². The number of hydrogen-bond acceptors (Lipinski definition) is 1. The summed E-state index contributed by atoms with van der Waals surface area (Å²) >= 11 is 0. The molecule has 0 heterocycles. The highest BCUT2D eigenvalue weighted by Crippen LogP contribution is 2.09. The van der Waals surface area contributed by atoms with E-state index in [0.29, 0.717) is 5.56 Å². The lowest BCUT2D eigenvalue weighted by Crippen LogP contribution is -2.14. The summed E-state index contributed by atoms with van der Waals surface area (Å²) in [6.45, 7) is 5.15. The van der Waals surface area contributed by atoms with Crippen LogP contribution in [0.4, 0.5) is 4.39 Å². The Bertz CT molecular complexity index is 405. The largest absolute Gasteiger partial charge is 0.378 e. The van der Waals surface area contributed by atoms with Crippen molar-refractivity contribution in [3.63, 3.8) is 0 Å². The van der Waals surface area contributed by atoms with Gasteiger partial charge in [0, 0.05) is 5.56 Å². The average Bonchev–Trinajstić information content (AvgIpc) is 2.13. The van der Waals surface area contributed by atoms with Gasteiger partial charge in [0.15, 0.2) is 0 Å². The SMILES string of the molecule is CCc1cc(F)cc(C#CC(C)(C)O)c1. The second-order valence-electron chi connectivity index (χ2n) is 4.01. The predicted molar refractivity (Wildman–Crippen MR) is 59.0 cm³/mol. The first-order valence-corrected chi connectivity index (χ1v) is 4.96. The van der Waals surface area contributed by atoms with E-state index in [1.807, 2.05) is 13.0 Å². The molecule has 2 heteroatoms. The van der Waals surface area contributed by atoms with E-state index >= 15 is 0 Å². The summed E-state index contributed by atoms with van der Waals surface area (Å²) in [4.78, 5) is 0. The first-order chi connectivity index (χ1) is 6.90. The third-order valence-electron chi connectivity index (χ3n) is 1.88. The van der Waals surface area contributed by atoms with Crippen LogP contribution in [0.1, 0.15) is 31.9 Å². The zero-order chi connectivity index (χ0) is 11.5. The fraction of sp³-hybridized carbons (Fsp3) is 0.385. The van der Waals surface area contributed by atoms with Crippen LogP contribution >= 0.6 is 0 Å². The Morgan fingerprint density at radius 2 is 2.00 bits per heavy atom. The van der Waals surface area contributed by atoms with Crippen LogP contribution in [0.5, 0.6) is 0 Å². The maximum atomic E-state index is 13.1. The third kappa shape index (κ3) is 4.14. The van der Waals surface area contributed by atoms with Crippen LogP contribution in [0.15, 0.2) is 18.2 Å². The van der Waals surface area contributed by atoms with Gasteiger partial charge in [0.05, 0.1) is 0 Å². The molecule has 0 aliphatic carbocycles. The van der Waals surface area contributed by atoms with Gasteiger partial charge >= 0.3 is 0 Å². The van der Waals surface area contributed by atoms with Crippen LogP contribution in [-0.2, 0) is 6.42 Å². The molecule has 1 N–H and O–H groups in total. The highest BCUT2D eigenvalue weighted by molar-refractivity contribution is 5.39. The number of aryl methyl sites for hydroxylation is 1. The molecule has 0 aliphatic heterocycles. The van der Waals surface area contributed by atoms with E-state index in [1.54, 1.807) is 13.8 Å². The molecule has 0 aliphatic rings. The Labute approximate surface area is 89.9 Å². The number of halogens is 1. The van der Waals surface area contributed by atoms with Gasteiger partial charge in [0.2, 0.25) is 0 Å². The molecule has 0 spiro atoms. The van der Waals surface area contributed by atoms with Crippen molar-refractivity contribution in [2.24, 2.45) is 0 Å². The Balaban J connectivity index is 3.04. The fourth-order valence-corrected chi connectivity index (χ4v) is 1.15. The standard InChI is InChI=1S/C13H15FO/c1-4-10-7-11(9-12(14)8-10)5-6-13(2,3)15/h7-9,15H,4H2,1-3H3. The first kappa shape index (κ1) is 11.7. The van der Waals surface area contributed by atoms with Gasteiger partial charge in [-0.05, 0) is 44.0 Å². The minimum Gasteiger partial charge on any atom is -0.378 e. The van der Waals surface area contributed by atoms with Crippen LogP contribution < -0.4 is 0 Å². The van der Waals surface area contributed by atoms with E-state index in [1.165, 1.54) is 12.1 Å². The number of rotatable bonds is 1. The van der Waals surface area contributed by atoms with E-state index in [9.17, 15) is 9.50 Å². The van der Waals surface area contributed by atoms with Crippen molar-refractivity contribution in [1.29, 1.82) is 0 Å². The van der Waals surface area contributed by atoms with Crippen molar-refractivity contribution < 1.29 is 9.50 Å². The maximum absolute atomic E-state index is 13.1. The topological polar surface area (TPSA) is 20.2 Å². The summed E-state index contributed by atoms with van der Waals surface area (Å²) in [5, 5.41) is 9.41. The van der Waals surface area contributed by atoms with Gasteiger partial charge < -0.3 is 5.11 Å². The van der Waals surface area contributed by atoms with Crippen LogP contribution in [0.3, 0.4) is 0 Å². The zero-order valence-corrected chi connectivity index (χ0v) is 9.26. The Morgan fingerprint density at radius 3 is 2.53 bits per heavy atom. The Hall–Kier alpha value is -1.33. The third-order valence-corrected chi connectivity index (χ3v) is 1.88. The van der Waals surface area contributed by atoms with Gasteiger partial charge in [0.1, 0.15) is 11.4 Å². The normalized spacial score (nSPS) is 10.7. The summed E-state index contributed by atoms with van der Waals surface area (Å²) in [5.74, 6) is 5.13. The first-order valence-electron chi connectivity index (χ1n) is 4.96. The van der Waals surface area contributed by atoms with Gasteiger partial charge in [-0.2, -0.15) is 0 Å². The summed E-state index contributed by atoms with van der Waals surface area (Å²) in [5.41, 5.74) is 0.475. The smallest absolute Gasteiger partial charge is 0.124 e. The second kappa shape index (κ2) is 4.46. The second-order valence-corrected chi connectivity index (χ2v) is 4.01. The molecule has 0 aromatic heterocycles. The van der Waals surface area contributed by atoms with Gasteiger partial charge in [0.25, 0.3) is 0 Å². The molecule has 0 amide bonds. The minimum atomic E-state index is -1.04. The summed E-state index contributed by atoms with van der Waals surface area (Å²) in [6, 6.07) is 4.70. The quantitative estimate of drug-likeness (QED) is 0.700. The van der Waals surface area contributed by atoms with Gasteiger partial charge in [-0.3, -0.25) is 0 Å². The monoisotopic (exact) mass is 206 g/mol. The van der Waals surface area contributed by atoms with Crippen molar-refractivity contribution in [3.05, 3.63) is 35.1 Å². The molecule has 0 bridgehead atoms.